The lowest BCUT2D eigenvalue weighted by atomic mass is 10.0. The second kappa shape index (κ2) is 5.42. The molecule has 5 heteroatoms. The Morgan fingerprint density at radius 2 is 2.47 bits per heavy atom. The molecule has 2 aromatic heterocycles. The van der Waals surface area contributed by atoms with Crippen LogP contribution in [0.4, 0.5) is 0 Å². The number of nitrogens with one attached hydrogen (secondary N) is 1. The van der Waals surface area contributed by atoms with Gasteiger partial charge in [0.15, 0.2) is 4.96 Å². The monoisotopic (exact) mass is 251 g/mol. The molecule has 0 aliphatic carbocycles. The molecule has 0 aliphatic rings. The third kappa shape index (κ3) is 2.92. The smallest absolute Gasteiger partial charge is 0.193 e. The molecule has 0 spiro atoms. The summed E-state index contributed by atoms with van der Waals surface area (Å²) in [7, 11) is 0. The molecule has 0 fully saturated rings. The maximum atomic E-state index is 11.9. The van der Waals surface area contributed by atoms with E-state index in [1.165, 1.54) is 0 Å². The van der Waals surface area contributed by atoms with Crippen molar-refractivity contribution in [2.45, 2.75) is 20.3 Å². The standard InChI is InChI=1S/C12H17N3OS/c1-3-13-7-9(2)11(16)6-10-8-15-4-5-17-12(15)14-10/h4-5,8-9,13H,3,6-7H2,1-2H3. The lowest BCUT2D eigenvalue weighted by Crippen LogP contribution is -2.27. The number of imidazole rings is 1. The first-order chi connectivity index (χ1) is 8.20. The average Bonchev–Trinajstić information content (AvgIpc) is 2.86. The number of Topliss-reactive ketones (excluding diaryl/α,β-unsaturated/α-hetero) is 1. The lowest BCUT2D eigenvalue weighted by molar-refractivity contribution is -0.121. The molecular formula is C12H17N3OS. The van der Waals surface area contributed by atoms with Gasteiger partial charge in [0.05, 0.1) is 12.1 Å². The van der Waals surface area contributed by atoms with Gasteiger partial charge >= 0.3 is 0 Å². The maximum absolute atomic E-state index is 11.9. The Morgan fingerprint density at radius 3 is 3.18 bits per heavy atom. The van der Waals surface area contributed by atoms with E-state index in [4.69, 9.17) is 0 Å². The molecule has 0 amide bonds. The van der Waals surface area contributed by atoms with Crippen molar-refractivity contribution in [1.29, 1.82) is 0 Å². The number of carbonyl (C=O) groups excluding carboxylic acids is 1. The third-order valence-corrected chi connectivity index (χ3v) is 3.52. The summed E-state index contributed by atoms with van der Waals surface area (Å²) in [6.45, 7) is 5.65. The minimum atomic E-state index is 0.0506. The summed E-state index contributed by atoms with van der Waals surface area (Å²) < 4.78 is 1.96. The van der Waals surface area contributed by atoms with Crippen LogP contribution in [0.1, 0.15) is 19.5 Å². The van der Waals surface area contributed by atoms with Crippen molar-refractivity contribution in [1.82, 2.24) is 14.7 Å². The normalized spacial score (nSPS) is 13.1. The summed E-state index contributed by atoms with van der Waals surface area (Å²) in [5.41, 5.74) is 0.866. The molecule has 1 N–H and O–H groups in total. The van der Waals surface area contributed by atoms with Crippen LogP contribution >= 0.6 is 11.3 Å². The van der Waals surface area contributed by atoms with E-state index < -0.39 is 0 Å². The lowest BCUT2D eigenvalue weighted by Gasteiger charge is -2.09. The SMILES string of the molecule is CCNCC(C)C(=O)Cc1cn2ccsc2n1. The predicted octanol–water partition coefficient (Wildman–Crippen LogP) is 1.75. The predicted molar refractivity (Wildman–Crippen MR) is 69.5 cm³/mol. The minimum absolute atomic E-state index is 0.0506. The van der Waals surface area contributed by atoms with Gasteiger partial charge in [-0.3, -0.25) is 9.20 Å². The number of aromatic nitrogens is 2. The Bertz CT molecular complexity index is 474. The van der Waals surface area contributed by atoms with E-state index in [9.17, 15) is 4.79 Å². The number of hydrogen-bond acceptors (Lipinski definition) is 4. The Hall–Kier alpha value is -1.20. The first kappa shape index (κ1) is 12.3. The number of rotatable bonds is 6. The summed E-state index contributed by atoms with van der Waals surface area (Å²) >= 11 is 1.59. The topological polar surface area (TPSA) is 46.4 Å². The summed E-state index contributed by atoms with van der Waals surface area (Å²) in [5.74, 6) is 0.298. The zero-order valence-electron chi connectivity index (χ0n) is 10.1. The van der Waals surface area contributed by atoms with E-state index in [1.807, 2.05) is 36.0 Å². The highest BCUT2D eigenvalue weighted by Crippen LogP contribution is 2.12. The minimum Gasteiger partial charge on any atom is -0.316 e. The maximum Gasteiger partial charge on any atom is 0.193 e. The Morgan fingerprint density at radius 1 is 1.65 bits per heavy atom. The first-order valence-electron chi connectivity index (χ1n) is 5.85. The number of carbonyl (C=O) groups is 1. The third-order valence-electron chi connectivity index (χ3n) is 2.75. The number of nitrogens with zero attached hydrogens (tertiary/aromatic N) is 2. The second-order valence-electron chi connectivity index (χ2n) is 4.18. The molecule has 1 unspecified atom stereocenters. The van der Waals surface area contributed by atoms with Crippen molar-refractivity contribution in [3.63, 3.8) is 0 Å². The molecule has 0 radical (unpaired) electrons. The highest BCUT2D eigenvalue weighted by atomic mass is 32.1. The van der Waals surface area contributed by atoms with Gasteiger partial charge in [0.1, 0.15) is 5.78 Å². The number of ketones is 1. The Labute approximate surface area is 105 Å². The molecule has 0 saturated carbocycles. The van der Waals surface area contributed by atoms with Gasteiger partial charge in [-0.25, -0.2) is 4.98 Å². The van der Waals surface area contributed by atoms with E-state index in [0.717, 1.165) is 23.7 Å². The molecular weight excluding hydrogens is 234 g/mol. The highest BCUT2D eigenvalue weighted by Gasteiger charge is 2.14. The van der Waals surface area contributed by atoms with E-state index in [-0.39, 0.29) is 11.7 Å². The van der Waals surface area contributed by atoms with Crippen LogP contribution in [0.5, 0.6) is 0 Å². The molecule has 0 aromatic carbocycles. The number of hydrogen-bond donors (Lipinski definition) is 1. The molecule has 0 aliphatic heterocycles. The van der Waals surface area contributed by atoms with Crippen LogP contribution < -0.4 is 5.32 Å². The molecule has 2 rings (SSSR count). The van der Waals surface area contributed by atoms with Crippen LogP contribution in [0.2, 0.25) is 0 Å². The van der Waals surface area contributed by atoms with Crippen molar-refractivity contribution >= 4 is 22.1 Å². The Kier molecular flexibility index (Phi) is 3.91. The largest absolute Gasteiger partial charge is 0.316 e. The summed E-state index contributed by atoms with van der Waals surface area (Å²) in [4.78, 5) is 17.3. The van der Waals surface area contributed by atoms with Gasteiger partial charge in [-0.2, -0.15) is 0 Å². The van der Waals surface area contributed by atoms with Crippen LogP contribution in [0.3, 0.4) is 0 Å². The quantitative estimate of drug-likeness (QED) is 0.851. The van der Waals surface area contributed by atoms with Crippen LogP contribution in [0, 0.1) is 5.92 Å². The average molecular weight is 251 g/mol. The van der Waals surface area contributed by atoms with Crippen molar-refractivity contribution in [2.24, 2.45) is 5.92 Å². The number of thiazole rings is 1. The van der Waals surface area contributed by atoms with Crippen LogP contribution in [-0.4, -0.2) is 28.3 Å². The molecule has 92 valence electrons. The van der Waals surface area contributed by atoms with Crippen molar-refractivity contribution in [2.75, 3.05) is 13.1 Å². The molecule has 2 aromatic rings. The van der Waals surface area contributed by atoms with Crippen molar-refractivity contribution in [3.8, 4) is 0 Å². The van der Waals surface area contributed by atoms with Gasteiger partial charge < -0.3 is 5.32 Å². The fourth-order valence-corrected chi connectivity index (χ4v) is 2.41. The summed E-state index contributed by atoms with van der Waals surface area (Å²) in [5, 5.41) is 5.18. The van der Waals surface area contributed by atoms with E-state index >= 15 is 0 Å². The summed E-state index contributed by atoms with van der Waals surface area (Å²) in [6, 6.07) is 0. The molecule has 17 heavy (non-hydrogen) atoms. The zero-order valence-corrected chi connectivity index (χ0v) is 11.0. The fraction of sp³-hybridized carbons (Fsp3) is 0.500. The molecule has 1 atom stereocenters. The molecule has 4 nitrogen and oxygen atoms in total. The van der Waals surface area contributed by atoms with Crippen molar-refractivity contribution in [3.05, 3.63) is 23.5 Å². The van der Waals surface area contributed by atoms with Crippen LogP contribution in [0.25, 0.3) is 4.96 Å². The van der Waals surface area contributed by atoms with Crippen molar-refractivity contribution < 1.29 is 4.79 Å². The van der Waals surface area contributed by atoms with Gasteiger partial charge in [-0.05, 0) is 6.54 Å². The Balaban J connectivity index is 1.96. The summed E-state index contributed by atoms with van der Waals surface area (Å²) in [6.07, 6.45) is 4.33. The van der Waals surface area contributed by atoms with Gasteiger partial charge in [0.2, 0.25) is 0 Å². The molecule has 0 bridgehead atoms. The van der Waals surface area contributed by atoms with Gasteiger partial charge in [-0.15, -0.1) is 11.3 Å². The fourth-order valence-electron chi connectivity index (χ4n) is 1.69. The first-order valence-corrected chi connectivity index (χ1v) is 6.73. The van der Waals surface area contributed by atoms with Gasteiger partial charge in [-0.1, -0.05) is 13.8 Å². The van der Waals surface area contributed by atoms with Crippen LogP contribution in [-0.2, 0) is 11.2 Å². The van der Waals surface area contributed by atoms with Crippen LogP contribution in [0.15, 0.2) is 17.8 Å². The number of fused-ring (bicyclic) bond motifs is 1. The van der Waals surface area contributed by atoms with E-state index in [0.29, 0.717) is 6.42 Å². The van der Waals surface area contributed by atoms with E-state index in [2.05, 4.69) is 10.3 Å². The molecule has 2 heterocycles. The zero-order chi connectivity index (χ0) is 12.3. The van der Waals surface area contributed by atoms with Gasteiger partial charge in [0.25, 0.3) is 0 Å². The van der Waals surface area contributed by atoms with E-state index in [1.54, 1.807) is 11.3 Å². The highest BCUT2D eigenvalue weighted by molar-refractivity contribution is 7.15. The van der Waals surface area contributed by atoms with Gasteiger partial charge in [0, 0.05) is 30.2 Å². The second-order valence-corrected chi connectivity index (χ2v) is 5.05. The molecule has 0 saturated heterocycles.